The largest absolute Gasteiger partial charge is 0.491 e. The van der Waals surface area contributed by atoms with Crippen LogP contribution >= 0.6 is 0 Å². The number of nitrogens with zero attached hydrogens (tertiary/aromatic N) is 1. The van der Waals surface area contributed by atoms with Gasteiger partial charge in [-0.25, -0.2) is 4.79 Å². The van der Waals surface area contributed by atoms with Gasteiger partial charge in [0.2, 0.25) is 0 Å². The summed E-state index contributed by atoms with van der Waals surface area (Å²) in [7, 11) is 0. The number of hydrogen-bond acceptors (Lipinski definition) is 3. The number of rotatable bonds is 4. The third-order valence-corrected chi connectivity index (χ3v) is 2.89. The molecule has 0 radical (unpaired) electrons. The Bertz CT molecular complexity index is 575. The first-order chi connectivity index (χ1) is 9.52. The van der Waals surface area contributed by atoms with Gasteiger partial charge in [0.25, 0.3) is 0 Å². The van der Waals surface area contributed by atoms with Gasteiger partial charge in [-0.05, 0) is 31.5 Å². The molecule has 0 aliphatic carbocycles. The lowest BCUT2D eigenvalue weighted by Crippen LogP contribution is -2.30. The van der Waals surface area contributed by atoms with Crippen molar-refractivity contribution in [2.45, 2.75) is 26.0 Å². The lowest BCUT2D eigenvalue weighted by Gasteiger charge is -2.21. The van der Waals surface area contributed by atoms with E-state index in [1.54, 1.807) is 0 Å². The van der Waals surface area contributed by atoms with Crippen LogP contribution in [0.15, 0.2) is 24.3 Å². The van der Waals surface area contributed by atoms with Gasteiger partial charge < -0.3 is 4.74 Å². The highest BCUT2D eigenvalue weighted by Crippen LogP contribution is 2.28. The molecule has 5 nitrogen and oxygen atoms in total. The fourth-order valence-corrected chi connectivity index (χ4v) is 2.17. The molecule has 0 saturated carbocycles. The summed E-state index contributed by atoms with van der Waals surface area (Å²) < 4.78 is 5.64. The summed E-state index contributed by atoms with van der Waals surface area (Å²) in [6.45, 7) is 4.05. The lowest BCUT2D eigenvalue weighted by molar-refractivity contribution is 0.212. The molecule has 2 N–H and O–H groups in total. The Hall–Kier alpha value is -2.48. The van der Waals surface area contributed by atoms with Gasteiger partial charge in [-0.1, -0.05) is 18.1 Å². The van der Waals surface area contributed by atoms with Gasteiger partial charge in [0.1, 0.15) is 17.6 Å². The Morgan fingerprint density at radius 3 is 2.95 bits per heavy atom. The lowest BCUT2D eigenvalue weighted by atomic mass is 10.1. The molecule has 2 amide bonds. The molecule has 1 atom stereocenters. The number of benzene rings is 1. The van der Waals surface area contributed by atoms with Crippen LogP contribution in [0.2, 0.25) is 0 Å². The number of carbonyl (C=O) groups excluding carboxylic acids is 1. The van der Waals surface area contributed by atoms with Crippen LogP contribution < -0.4 is 10.1 Å². The minimum Gasteiger partial charge on any atom is -0.491 e. The van der Waals surface area contributed by atoms with Crippen molar-refractivity contribution >= 4 is 11.9 Å². The van der Waals surface area contributed by atoms with E-state index in [1.165, 1.54) is 4.90 Å². The Labute approximate surface area is 118 Å². The minimum atomic E-state index is -0.478. The van der Waals surface area contributed by atoms with E-state index in [1.807, 2.05) is 38.1 Å². The Balaban J connectivity index is 2.31. The molecule has 0 aromatic heterocycles. The van der Waals surface area contributed by atoms with E-state index in [0.29, 0.717) is 5.75 Å². The molecule has 1 aliphatic heterocycles. The molecule has 0 bridgehead atoms. The maximum atomic E-state index is 11.8. The van der Waals surface area contributed by atoms with Gasteiger partial charge in [0.05, 0.1) is 12.6 Å². The molecule has 20 heavy (non-hydrogen) atoms. The average molecular weight is 271 g/mol. The van der Waals surface area contributed by atoms with Crippen molar-refractivity contribution in [2.24, 2.45) is 0 Å². The predicted octanol–water partition coefficient (Wildman–Crippen LogP) is 2.15. The molecular weight excluding hydrogens is 254 g/mol. The Morgan fingerprint density at radius 2 is 2.30 bits per heavy atom. The van der Waals surface area contributed by atoms with E-state index < -0.39 is 6.04 Å². The number of terminal acetylenes is 1. The first-order valence-electron chi connectivity index (χ1n) is 6.39. The fourth-order valence-electron chi connectivity index (χ4n) is 2.17. The molecule has 104 valence electrons. The fraction of sp³-hybridized carbons (Fsp3) is 0.333. The summed E-state index contributed by atoms with van der Waals surface area (Å²) in [4.78, 5) is 13.2. The molecule has 1 aliphatic rings. The summed E-state index contributed by atoms with van der Waals surface area (Å²) in [6.07, 6.45) is 5.35. The van der Waals surface area contributed by atoms with Crippen LogP contribution in [0.25, 0.3) is 0 Å². The highest BCUT2D eigenvalue weighted by Gasteiger charge is 2.36. The number of urea groups is 1. The summed E-state index contributed by atoms with van der Waals surface area (Å²) in [5.41, 5.74) is 0.807. The number of carbonyl (C=O) groups is 1. The molecule has 1 aromatic carbocycles. The molecule has 5 heteroatoms. The highest BCUT2D eigenvalue weighted by molar-refractivity contribution is 6.06. The topological polar surface area (TPSA) is 65.4 Å². The maximum Gasteiger partial charge on any atom is 0.324 e. The zero-order valence-corrected chi connectivity index (χ0v) is 11.5. The van der Waals surface area contributed by atoms with Gasteiger partial charge in [-0.2, -0.15) is 0 Å². The molecule has 1 heterocycles. The number of hydrogen-bond donors (Lipinski definition) is 2. The Kier molecular flexibility index (Phi) is 3.94. The van der Waals surface area contributed by atoms with E-state index in [9.17, 15) is 4.79 Å². The molecule has 1 fully saturated rings. The summed E-state index contributed by atoms with van der Waals surface area (Å²) in [5, 5.41) is 10.4. The number of ether oxygens (including phenoxy) is 1. The molecule has 1 saturated heterocycles. The van der Waals surface area contributed by atoms with Gasteiger partial charge in [0, 0.05) is 0 Å². The van der Waals surface area contributed by atoms with Crippen LogP contribution in [0.1, 0.15) is 25.5 Å². The zero-order valence-electron chi connectivity index (χ0n) is 11.5. The first kappa shape index (κ1) is 13.9. The van der Waals surface area contributed by atoms with Crippen LogP contribution in [0, 0.1) is 17.8 Å². The Morgan fingerprint density at radius 1 is 1.55 bits per heavy atom. The first-order valence-corrected chi connectivity index (χ1v) is 6.39. The quantitative estimate of drug-likeness (QED) is 0.824. The molecule has 1 unspecified atom stereocenters. The van der Waals surface area contributed by atoms with E-state index >= 15 is 0 Å². The maximum absolute atomic E-state index is 11.8. The molecule has 2 rings (SSSR count). The van der Waals surface area contributed by atoms with Gasteiger partial charge >= 0.3 is 6.03 Å². The van der Waals surface area contributed by atoms with Crippen LogP contribution in [0.5, 0.6) is 5.75 Å². The summed E-state index contributed by atoms with van der Waals surface area (Å²) in [5.74, 6) is 3.29. The van der Waals surface area contributed by atoms with Crippen LogP contribution in [-0.4, -0.2) is 29.4 Å². The molecular formula is C15H17N3O2. The third-order valence-electron chi connectivity index (χ3n) is 2.89. The van der Waals surface area contributed by atoms with Crippen molar-refractivity contribution in [3.8, 4) is 18.1 Å². The second-order valence-corrected chi connectivity index (χ2v) is 4.82. The van der Waals surface area contributed by atoms with E-state index in [2.05, 4.69) is 11.2 Å². The van der Waals surface area contributed by atoms with Gasteiger partial charge in [-0.3, -0.25) is 15.6 Å². The van der Waals surface area contributed by atoms with Crippen molar-refractivity contribution in [3.05, 3.63) is 29.8 Å². The SMILES string of the molecule is C#CCN1C(=O)NC(=N)C1c1cccc(OC(C)C)c1. The second-order valence-electron chi connectivity index (χ2n) is 4.82. The van der Waals surface area contributed by atoms with Crippen molar-refractivity contribution in [2.75, 3.05) is 6.54 Å². The predicted molar refractivity (Wildman–Crippen MR) is 76.7 cm³/mol. The van der Waals surface area contributed by atoms with Gasteiger partial charge in [-0.15, -0.1) is 6.42 Å². The molecule has 0 spiro atoms. The highest BCUT2D eigenvalue weighted by atomic mass is 16.5. The molecule has 1 aromatic rings. The van der Waals surface area contributed by atoms with Crippen LogP contribution in [0.4, 0.5) is 4.79 Å². The van der Waals surface area contributed by atoms with Crippen molar-refractivity contribution in [1.29, 1.82) is 5.41 Å². The monoisotopic (exact) mass is 271 g/mol. The average Bonchev–Trinajstić information content (AvgIpc) is 2.64. The number of nitrogens with one attached hydrogen (secondary N) is 2. The van der Waals surface area contributed by atoms with Crippen LogP contribution in [-0.2, 0) is 0 Å². The smallest absolute Gasteiger partial charge is 0.324 e. The van der Waals surface area contributed by atoms with Crippen molar-refractivity contribution < 1.29 is 9.53 Å². The van der Waals surface area contributed by atoms with Crippen molar-refractivity contribution in [1.82, 2.24) is 10.2 Å². The van der Waals surface area contributed by atoms with E-state index in [4.69, 9.17) is 16.6 Å². The standard InChI is InChI=1S/C15H17N3O2/c1-4-8-18-13(14(16)17-15(18)19)11-6-5-7-12(9-11)20-10(2)3/h1,5-7,9-10,13H,8H2,2-3H3,(H2,16,17,19). The second kappa shape index (κ2) is 5.66. The van der Waals surface area contributed by atoms with Crippen LogP contribution in [0.3, 0.4) is 0 Å². The summed E-state index contributed by atoms with van der Waals surface area (Å²) >= 11 is 0. The third kappa shape index (κ3) is 2.75. The minimum absolute atomic E-state index is 0.0647. The van der Waals surface area contributed by atoms with E-state index in [-0.39, 0.29) is 24.5 Å². The number of amides is 2. The van der Waals surface area contributed by atoms with Gasteiger partial charge in [0.15, 0.2) is 0 Å². The number of amidine groups is 1. The van der Waals surface area contributed by atoms with E-state index in [0.717, 1.165) is 5.56 Å². The zero-order chi connectivity index (χ0) is 14.7. The normalized spacial score (nSPS) is 18.1. The van der Waals surface area contributed by atoms with Crippen molar-refractivity contribution in [3.63, 3.8) is 0 Å². The summed E-state index contributed by atoms with van der Waals surface area (Å²) in [6, 6.07) is 6.57.